The highest BCUT2D eigenvalue weighted by atomic mass is 19.1. The van der Waals surface area contributed by atoms with Gasteiger partial charge in [-0.3, -0.25) is 0 Å². The van der Waals surface area contributed by atoms with Gasteiger partial charge < -0.3 is 19.3 Å². The number of nitrogens with zero attached hydrogens (tertiary/aromatic N) is 6. The van der Waals surface area contributed by atoms with Gasteiger partial charge in [-0.2, -0.15) is 5.10 Å². The van der Waals surface area contributed by atoms with Crippen LogP contribution in [0.25, 0.3) is 22.0 Å². The van der Waals surface area contributed by atoms with E-state index in [-0.39, 0.29) is 18.0 Å². The molecule has 1 unspecified atom stereocenters. The molecule has 0 radical (unpaired) electrons. The molecule has 2 aromatic carbocycles. The number of anilines is 2. The molecule has 3 heterocycles. The Morgan fingerprint density at radius 3 is 2.61 bits per heavy atom. The first-order valence-corrected chi connectivity index (χ1v) is 11.5. The lowest BCUT2D eigenvalue weighted by atomic mass is 10.0. The summed E-state index contributed by atoms with van der Waals surface area (Å²) in [6, 6.07) is 13.9. The van der Waals surface area contributed by atoms with E-state index in [0.717, 1.165) is 22.2 Å². The molecule has 2 aromatic heterocycles. The first-order chi connectivity index (χ1) is 17.4. The number of fused-ring (bicyclic) bond motifs is 1. The highest BCUT2D eigenvalue weighted by molar-refractivity contribution is 5.97. The third-order valence-corrected chi connectivity index (χ3v) is 6.18. The second-order valence-corrected chi connectivity index (χ2v) is 8.61. The summed E-state index contributed by atoms with van der Waals surface area (Å²) in [5.41, 5.74) is 3.07. The molecule has 4 aromatic rings. The summed E-state index contributed by atoms with van der Waals surface area (Å²) < 4.78 is 24.9. The number of likely N-dealkylation sites (tertiary alicyclic amines) is 1. The maximum absolute atomic E-state index is 13.6. The number of carbonyl (C=O) groups excluding carboxylic acids is 1. The number of amides is 1. The van der Waals surface area contributed by atoms with E-state index in [0.29, 0.717) is 42.4 Å². The fourth-order valence-electron chi connectivity index (χ4n) is 4.27. The molecule has 9 nitrogen and oxygen atoms in total. The lowest BCUT2D eigenvalue weighted by Gasteiger charge is -2.21. The van der Waals surface area contributed by atoms with Crippen molar-refractivity contribution >= 4 is 28.6 Å². The van der Waals surface area contributed by atoms with E-state index in [2.05, 4.69) is 20.2 Å². The molecular weight excluding hydrogens is 463 g/mol. The van der Waals surface area contributed by atoms with Crippen molar-refractivity contribution < 1.29 is 18.7 Å². The molecule has 1 fully saturated rings. The molecule has 1 saturated heterocycles. The van der Waals surface area contributed by atoms with Crippen LogP contribution in [0, 0.1) is 12.7 Å². The first-order valence-electron chi connectivity index (χ1n) is 11.5. The molecule has 36 heavy (non-hydrogen) atoms. The van der Waals surface area contributed by atoms with Crippen LogP contribution >= 0.6 is 0 Å². The summed E-state index contributed by atoms with van der Waals surface area (Å²) in [7, 11) is 3.22. The summed E-state index contributed by atoms with van der Waals surface area (Å²) in [6.45, 7) is 2.83. The van der Waals surface area contributed by atoms with Crippen LogP contribution in [-0.4, -0.2) is 64.5 Å². The van der Waals surface area contributed by atoms with Crippen LogP contribution in [0.1, 0.15) is 12.1 Å². The first kappa shape index (κ1) is 23.4. The van der Waals surface area contributed by atoms with Gasteiger partial charge in [-0.25, -0.2) is 19.2 Å². The predicted octanol–water partition coefficient (Wildman–Crippen LogP) is 4.52. The number of methoxy groups -OCH3 is 1. The molecular formula is C26H25FN6O3. The number of rotatable bonds is 5. The summed E-state index contributed by atoms with van der Waals surface area (Å²) >= 11 is 0. The maximum Gasteiger partial charge on any atom is 0.409 e. The van der Waals surface area contributed by atoms with Crippen molar-refractivity contribution in [3.8, 4) is 16.9 Å². The highest BCUT2D eigenvalue weighted by Gasteiger charge is 2.29. The van der Waals surface area contributed by atoms with Crippen LogP contribution in [0.5, 0.6) is 5.75 Å². The minimum Gasteiger partial charge on any atom is -0.486 e. The summed E-state index contributed by atoms with van der Waals surface area (Å²) in [4.78, 5) is 24.5. The van der Waals surface area contributed by atoms with Gasteiger partial charge in [-0.05, 0) is 54.4 Å². The molecule has 0 N–H and O–H groups in total. The van der Waals surface area contributed by atoms with Crippen molar-refractivity contribution in [3.63, 3.8) is 0 Å². The van der Waals surface area contributed by atoms with Crippen molar-refractivity contribution in [3.05, 3.63) is 66.4 Å². The van der Waals surface area contributed by atoms with Crippen LogP contribution in [0.2, 0.25) is 0 Å². The topological polar surface area (TPSA) is 93.6 Å². The lowest BCUT2D eigenvalue weighted by Crippen LogP contribution is -2.30. The van der Waals surface area contributed by atoms with E-state index in [1.807, 2.05) is 43.1 Å². The minimum absolute atomic E-state index is 0.227. The zero-order valence-corrected chi connectivity index (χ0v) is 20.2. The molecule has 184 valence electrons. The number of hydrogen-bond donors (Lipinski definition) is 0. The molecule has 1 aliphatic heterocycles. The Bertz CT molecular complexity index is 1400. The molecule has 0 aliphatic carbocycles. The number of aryl methyl sites for hydroxylation is 1. The zero-order chi connectivity index (χ0) is 25.2. The number of carbonyl (C=O) groups is 1. The molecule has 1 aliphatic rings. The average molecular weight is 489 g/mol. The standard InChI is InChI=1S/C26H25FN6O3/c1-16-4-9-23(31-30-16)32(2)25-21-12-18(17-5-7-19(27)8-6-17)13-22(24(21)28-15-29-25)36-20-10-11-33(14-20)26(34)35-3/h4-9,12-13,15,20H,10-11,14H2,1-3H3. The van der Waals surface area contributed by atoms with Gasteiger partial charge in [-0.15, -0.1) is 5.10 Å². The van der Waals surface area contributed by atoms with Gasteiger partial charge in [0.1, 0.15) is 35.3 Å². The average Bonchev–Trinajstić information content (AvgIpc) is 3.37. The van der Waals surface area contributed by atoms with Gasteiger partial charge in [0.25, 0.3) is 0 Å². The Balaban J connectivity index is 1.59. The fraction of sp³-hybridized carbons (Fsp3) is 0.269. The molecule has 0 spiro atoms. The molecule has 1 amide bonds. The van der Waals surface area contributed by atoms with E-state index in [1.165, 1.54) is 25.6 Å². The number of halogens is 1. The van der Waals surface area contributed by atoms with Gasteiger partial charge in [0.15, 0.2) is 5.82 Å². The minimum atomic E-state index is -0.378. The maximum atomic E-state index is 13.6. The van der Waals surface area contributed by atoms with E-state index >= 15 is 0 Å². The van der Waals surface area contributed by atoms with E-state index in [9.17, 15) is 9.18 Å². The number of ether oxygens (including phenoxy) is 2. The van der Waals surface area contributed by atoms with E-state index in [4.69, 9.17) is 9.47 Å². The monoisotopic (exact) mass is 488 g/mol. The van der Waals surface area contributed by atoms with Crippen LogP contribution in [0.3, 0.4) is 0 Å². The van der Waals surface area contributed by atoms with Gasteiger partial charge in [0.05, 0.1) is 19.3 Å². The number of hydrogen-bond acceptors (Lipinski definition) is 8. The summed E-state index contributed by atoms with van der Waals surface area (Å²) in [6.07, 6.45) is 1.54. The highest BCUT2D eigenvalue weighted by Crippen LogP contribution is 2.37. The molecule has 5 rings (SSSR count). The molecule has 1 atom stereocenters. The third-order valence-electron chi connectivity index (χ3n) is 6.18. The third kappa shape index (κ3) is 4.61. The predicted molar refractivity (Wildman–Crippen MR) is 133 cm³/mol. The zero-order valence-electron chi connectivity index (χ0n) is 20.2. The van der Waals surface area contributed by atoms with E-state index < -0.39 is 0 Å². The van der Waals surface area contributed by atoms with Crippen LogP contribution in [0.4, 0.5) is 20.8 Å². The SMILES string of the molecule is COC(=O)N1CCC(Oc2cc(-c3ccc(F)cc3)cc3c(N(C)c4ccc(C)nn4)ncnc23)C1. The Kier molecular flexibility index (Phi) is 6.32. The molecule has 0 saturated carbocycles. The van der Waals surface area contributed by atoms with Crippen molar-refractivity contribution in [1.29, 1.82) is 0 Å². The van der Waals surface area contributed by atoms with Crippen LogP contribution < -0.4 is 9.64 Å². The largest absolute Gasteiger partial charge is 0.486 e. The summed E-state index contributed by atoms with van der Waals surface area (Å²) in [5.74, 6) is 1.48. The van der Waals surface area contributed by atoms with Crippen LogP contribution in [0.15, 0.2) is 54.9 Å². The van der Waals surface area contributed by atoms with E-state index in [1.54, 1.807) is 17.0 Å². The van der Waals surface area contributed by atoms with Crippen LogP contribution in [-0.2, 0) is 4.74 Å². The Labute approximate surface area is 207 Å². The number of benzene rings is 2. The van der Waals surface area contributed by atoms with Crippen molar-refractivity contribution in [1.82, 2.24) is 25.1 Å². The summed E-state index contributed by atoms with van der Waals surface area (Å²) in [5, 5.41) is 9.18. The fourth-order valence-corrected chi connectivity index (χ4v) is 4.27. The van der Waals surface area contributed by atoms with Gasteiger partial charge in [-0.1, -0.05) is 12.1 Å². The number of aromatic nitrogens is 4. The quantitative estimate of drug-likeness (QED) is 0.405. The Morgan fingerprint density at radius 1 is 1.08 bits per heavy atom. The Hall–Kier alpha value is -4.34. The molecule has 0 bridgehead atoms. The van der Waals surface area contributed by atoms with Gasteiger partial charge in [0, 0.05) is 25.4 Å². The molecule has 10 heteroatoms. The lowest BCUT2D eigenvalue weighted by molar-refractivity contribution is 0.126. The smallest absolute Gasteiger partial charge is 0.409 e. The van der Waals surface area contributed by atoms with Crippen molar-refractivity contribution in [2.45, 2.75) is 19.4 Å². The normalized spacial score (nSPS) is 15.2. The second kappa shape index (κ2) is 9.73. The van der Waals surface area contributed by atoms with Gasteiger partial charge >= 0.3 is 6.09 Å². The Morgan fingerprint density at radius 2 is 1.89 bits per heavy atom. The van der Waals surface area contributed by atoms with Crippen molar-refractivity contribution in [2.24, 2.45) is 0 Å². The van der Waals surface area contributed by atoms with Crippen molar-refractivity contribution in [2.75, 3.05) is 32.1 Å². The van der Waals surface area contributed by atoms with Gasteiger partial charge in [0.2, 0.25) is 0 Å². The second-order valence-electron chi connectivity index (χ2n) is 8.61.